The lowest BCUT2D eigenvalue weighted by molar-refractivity contribution is -0.136. The topological polar surface area (TPSA) is 107 Å². The fourth-order valence-corrected chi connectivity index (χ4v) is 6.51. The monoisotopic (exact) mass is 536 g/mol. The molecule has 1 N–H and O–H groups in total. The molecule has 9 nitrogen and oxygen atoms in total. The fourth-order valence-electron chi connectivity index (χ4n) is 5.02. The van der Waals surface area contributed by atoms with Crippen LogP contribution < -0.4 is 10.2 Å². The lowest BCUT2D eigenvalue weighted by Gasteiger charge is -2.35. The first-order valence-corrected chi connectivity index (χ1v) is 13.3. The summed E-state index contributed by atoms with van der Waals surface area (Å²) in [6, 6.07) is 4.45. The minimum absolute atomic E-state index is 0.00479. The van der Waals surface area contributed by atoms with Crippen molar-refractivity contribution in [2.24, 2.45) is 0 Å². The first-order valence-electron chi connectivity index (χ1n) is 11.7. The van der Waals surface area contributed by atoms with Gasteiger partial charge in [0.05, 0.1) is 11.4 Å². The molecule has 196 valence electrons. The highest BCUT2D eigenvalue weighted by molar-refractivity contribution is 7.88. The number of benzene rings is 2. The van der Waals surface area contributed by atoms with Crippen molar-refractivity contribution in [3.63, 3.8) is 0 Å². The zero-order valence-corrected chi connectivity index (χ0v) is 20.4. The highest BCUT2D eigenvalue weighted by Gasteiger charge is 2.40. The standard InChI is InChI=1S/C24H23F3N4O5S/c25-16-7-14(8-17(26)10-16)13-37(35,36)30-5-3-29(4-6-30)21-9-15-12-31(24(34)18(15)11-19(21)27)20-1-2-22(32)28-23(20)33/h7-11,20H,1-6,12-13H2,(H,28,32,33). The molecule has 2 saturated heterocycles. The average Bonchev–Trinajstić information content (AvgIpc) is 3.13. The molecule has 0 aromatic heterocycles. The smallest absolute Gasteiger partial charge is 0.255 e. The number of rotatable bonds is 5. The molecule has 3 amide bonds. The number of hydrogen-bond donors (Lipinski definition) is 1. The van der Waals surface area contributed by atoms with Crippen LogP contribution >= 0.6 is 0 Å². The van der Waals surface area contributed by atoms with Gasteiger partial charge < -0.3 is 9.80 Å². The SMILES string of the molecule is O=C1CCC(N2Cc3cc(N4CCN(S(=O)(=O)Cc5cc(F)cc(F)c5)CC4)c(F)cc3C2=O)C(=O)N1. The second-order valence-corrected chi connectivity index (χ2v) is 11.2. The van der Waals surface area contributed by atoms with E-state index in [1.165, 1.54) is 15.3 Å². The lowest BCUT2D eigenvalue weighted by atomic mass is 10.0. The van der Waals surface area contributed by atoms with Crippen molar-refractivity contribution in [1.29, 1.82) is 0 Å². The third kappa shape index (κ3) is 4.92. The van der Waals surface area contributed by atoms with Crippen LogP contribution in [0.2, 0.25) is 0 Å². The molecular weight excluding hydrogens is 513 g/mol. The summed E-state index contributed by atoms with van der Waals surface area (Å²) in [5, 5.41) is 2.22. The molecule has 1 atom stereocenters. The van der Waals surface area contributed by atoms with E-state index in [-0.39, 0.29) is 62.4 Å². The molecule has 2 fully saturated rings. The van der Waals surface area contributed by atoms with Gasteiger partial charge in [0.2, 0.25) is 21.8 Å². The predicted molar refractivity (Wildman–Crippen MR) is 125 cm³/mol. The number of piperidine rings is 1. The van der Waals surface area contributed by atoms with E-state index >= 15 is 4.39 Å². The Balaban J connectivity index is 1.27. The van der Waals surface area contributed by atoms with E-state index in [0.29, 0.717) is 11.6 Å². The van der Waals surface area contributed by atoms with Crippen LogP contribution in [0.4, 0.5) is 18.9 Å². The summed E-state index contributed by atoms with van der Waals surface area (Å²) < 4.78 is 68.8. The number of nitrogens with zero attached hydrogens (tertiary/aromatic N) is 3. The Labute approximate surface area is 210 Å². The normalized spacial score (nSPS) is 20.8. The number of nitrogens with one attached hydrogen (secondary N) is 1. The maximum absolute atomic E-state index is 15.1. The van der Waals surface area contributed by atoms with E-state index in [9.17, 15) is 31.6 Å². The van der Waals surface area contributed by atoms with E-state index in [1.807, 2.05) is 0 Å². The molecule has 2 aromatic rings. The van der Waals surface area contributed by atoms with Gasteiger partial charge in [0.15, 0.2) is 0 Å². The zero-order chi connectivity index (χ0) is 26.5. The number of carbonyl (C=O) groups is 3. The molecule has 3 aliphatic rings. The van der Waals surface area contributed by atoms with Crippen LogP contribution in [0.5, 0.6) is 0 Å². The van der Waals surface area contributed by atoms with Crippen molar-refractivity contribution in [3.05, 3.63) is 64.5 Å². The van der Waals surface area contributed by atoms with Gasteiger partial charge in [-0.2, -0.15) is 4.31 Å². The number of halogens is 3. The van der Waals surface area contributed by atoms with Crippen molar-refractivity contribution < 1.29 is 36.0 Å². The van der Waals surface area contributed by atoms with Gasteiger partial charge in [0.25, 0.3) is 5.91 Å². The van der Waals surface area contributed by atoms with E-state index in [4.69, 9.17) is 0 Å². The van der Waals surface area contributed by atoms with Crippen LogP contribution in [0.3, 0.4) is 0 Å². The average molecular weight is 537 g/mol. The number of sulfonamides is 1. The fraction of sp³-hybridized carbons (Fsp3) is 0.375. The number of fused-ring (bicyclic) bond motifs is 1. The van der Waals surface area contributed by atoms with Crippen molar-refractivity contribution in [3.8, 4) is 0 Å². The first kappa shape index (κ1) is 25.2. The van der Waals surface area contributed by atoms with Crippen LogP contribution in [0.25, 0.3) is 0 Å². The Kier molecular flexibility index (Phi) is 6.44. The minimum atomic E-state index is -3.86. The van der Waals surface area contributed by atoms with Gasteiger partial charge in [-0.05, 0) is 41.8 Å². The Morgan fingerprint density at radius 2 is 1.59 bits per heavy atom. The summed E-state index contributed by atoms with van der Waals surface area (Å²) in [5.74, 6) is -4.39. The second-order valence-electron chi connectivity index (χ2n) is 9.28. The molecule has 3 heterocycles. The van der Waals surface area contributed by atoms with Crippen LogP contribution in [0, 0.1) is 17.5 Å². The minimum Gasteiger partial charge on any atom is -0.367 e. The number of imide groups is 1. The number of carbonyl (C=O) groups excluding carboxylic acids is 3. The van der Waals surface area contributed by atoms with Gasteiger partial charge in [0.1, 0.15) is 23.5 Å². The molecule has 0 aliphatic carbocycles. The molecule has 5 rings (SSSR count). The Bertz CT molecular complexity index is 1390. The third-order valence-electron chi connectivity index (χ3n) is 6.84. The van der Waals surface area contributed by atoms with Crippen molar-refractivity contribution in [1.82, 2.24) is 14.5 Å². The first-order chi connectivity index (χ1) is 17.5. The Hall–Kier alpha value is -3.45. The summed E-state index contributed by atoms with van der Waals surface area (Å²) in [7, 11) is -3.86. The molecule has 1 unspecified atom stereocenters. The van der Waals surface area contributed by atoms with Gasteiger partial charge >= 0.3 is 0 Å². The van der Waals surface area contributed by atoms with Gasteiger partial charge in [-0.1, -0.05) is 0 Å². The number of amides is 3. The zero-order valence-electron chi connectivity index (χ0n) is 19.5. The second kappa shape index (κ2) is 9.45. The Morgan fingerprint density at radius 3 is 2.24 bits per heavy atom. The lowest BCUT2D eigenvalue weighted by Crippen LogP contribution is -2.52. The molecule has 13 heteroatoms. The molecule has 0 saturated carbocycles. The van der Waals surface area contributed by atoms with E-state index in [1.54, 1.807) is 4.90 Å². The molecule has 0 spiro atoms. The quantitative estimate of drug-likeness (QED) is 0.581. The number of hydrogen-bond acceptors (Lipinski definition) is 6. The summed E-state index contributed by atoms with van der Waals surface area (Å²) in [6.45, 7) is 0.497. The maximum atomic E-state index is 15.1. The van der Waals surface area contributed by atoms with Crippen molar-refractivity contribution in [2.45, 2.75) is 31.2 Å². The van der Waals surface area contributed by atoms with Crippen LogP contribution in [-0.4, -0.2) is 67.6 Å². The summed E-state index contributed by atoms with van der Waals surface area (Å²) in [4.78, 5) is 39.5. The van der Waals surface area contributed by atoms with Gasteiger partial charge in [0, 0.05) is 50.8 Å². The predicted octanol–water partition coefficient (Wildman–Crippen LogP) is 1.52. The van der Waals surface area contributed by atoms with Gasteiger partial charge in [-0.25, -0.2) is 21.6 Å². The van der Waals surface area contributed by atoms with E-state index < -0.39 is 57.0 Å². The van der Waals surface area contributed by atoms with Gasteiger partial charge in [-0.3, -0.25) is 19.7 Å². The molecule has 0 radical (unpaired) electrons. The van der Waals surface area contributed by atoms with Crippen LogP contribution in [-0.2, 0) is 31.9 Å². The van der Waals surface area contributed by atoms with E-state index in [2.05, 4.69) is 5.32 Å². The molecule has 2 aromatic carbocycles. The highest BCUT2D eigenvalue weighted by atomic mass is 32.2. The maximum Gasteiger partial charge on any atom is 0.255 e. The number of piperazine rings is 1. The van der Waals surface area contributed by atoms with Gasteiger partial charge in [-0.15, -0.1) is 0 Å². The van der Waals surface area contributed by atoms with Crippen LogP contribution in [0.15, 0.2) is 30.3 Å². The Morgan fingerprint density at radius 1 is 0.919 bits per heavy atom. The van der Waals surface area contributed by atoms with Crippen LogP contribution in [0.1, 0.15) is 34.3 Å². The molecular formula is C24H23F3N4O5S. The summed E-state index contributed by atoms with van der Waals surface area (Å²) in [6.07, 6.45) is 0.302. The molecule has 3 aliphatic heterocycles. The third-order valence-corrected chi connectivity index (χ3v) is 8.69. The highest BCUT2D eigenvalue weighted by Crippen LogP contribution is 2.33. The summed E-state index contributed by atoms with van der Waals surface area (Å²) >= 11 is 0. The largest absolute Gasteiger partial charge is 0.367 e. The molecule has 37 heavy (non-hydrogen) atoms. The molecule has 0 bridgehead atoms. The summed E-state index contributed by atoms with van der Waals surface area (Å²) in [5.41, 5.74) is 0.888. The van der Waals surface area contributed by atoms with Crippen molar-refractivity contribution in [2.75, 3.05) is 31.1 Å². The van der Waals surface area contributed by atoms with E-state index in [0.717, 1.165) is 18.2 Å². The number of anilines is 1. The van der Waals surface area contributed by atoms with Crippen molar-refractivity contribution >= 4 is 33.4 Å².